The molecule has 4 aromatic rings. The van der Waals surface area contributed by atoms with Crippen LogP contribution in [0.2, 0.25) is 0 Å². The van der Waals surface area contributed by atoms with Crippen molar-refractivity contribution < 1.29 is 48.6 Å². The van der Waals surface area contributed by atoms with E-state index in [1.165, 1.54) is 20.2 Å². The maximum Gasteiger partial charge on any atom is 0.416 e. The number of anilines is 1. The van der Waals surface area contributed by atoms with Gasteiger partial charge in [0.1, 0.15) is 11.6 Å². The van der Waals surface area contributed by atoms with Crippen molar-refractivity contribution in [2.75, 3.05) is 12.0 Å². The molecule has 0 amide bonds. The normalized spacial score (nSPS) is 12.5. The number of ether oxygens (including phenoxy) is 1. The quantitative estimate of drug-likeness (QED) is 0.207. The number of hydrogen-bond acceptors (Lipinski definition) is 5. The lowest BCUT2D eigenvalue weighted by Crippen LogP contribution is -2.25. The summed E-state index contributed by atoms with van der Waals surface area (Å²) in [5.74, 6) is -0.958. The van der Waals surface area contributed by atoms with Crippen LogP contribution in [0, 0.1) is 5.82 Å². The molecule has 42 heavy (non-hydrogen) atoms. The minimum absolute atomic E-state index is 0.0461. The van der Waals surface area contributed by atoms with Crippen molar-refractivity contribution in [3.05, 3.63) is 88.2 Å². The molecule has 0 aliphatic heterocycles. The van der Waals surface area contributed by atoms with Crippen LogP contribution in [0.1, 0.15) is 27.8 Å². The van der Waals surface area contributed by atoms with E-state index in [2.05, 4.69) is 15.4 Å². The SMILES string of the molecule is COc1ccc(F)cc1-c1ccc(C(F)(F)F)cc1CN(Cc1cc(C(F)(F)F)cc(C(F)(F)F)c1)c1nnn(C)n1. The van der Waals surface area contributed by atoms with Crippen LogP contribution in [0.25, 0.3) is 11.1 Å². The molecule has 1 aromatic heterocycles. The number of rotatable bonds is 7. The zero-order valence-corrected chi connectivity index (χ0v) is 21.5. The van der Waals surface area contributed by atoms with Gasteiger partial charge in [-0.1, -0.05) is 11.2 Å². The summed E-state index contributed by atoms with van der Waals surface area (Å²) < 4.78 is 141. The van der Waals surface area contributed by atoms with Crippen molar-refractivity contribution >= 4 is 5.95 Å². The lowest BCUT2D eigenvalue weighted by Gasteiger charge is -2.24. The molecule has 0 bridgehead atoms. The molecule has 0 saturated carbocycles. The largest absolute Gasteiger partial charge is 0.496 e. The Morgan fingerprint density at radius 1 is 0.738 bits per heavy atom. The monoisotopic (exact) mass is 607 g/mol. The number of hydrogen-bond donors (Lipinski definition) is 0. The second-order valence-electron chi connectivity index (χ2n) is 9.06. The predicted octanol–water partition coefficient (Wildman–Crippen LogP) is 7.29. The Balaban J connectivity index is 1.88. The van der Waals surface area contributed by atoms with Gasteiger partial charge in [-0.2, -0.15) is 44.3 Å². The van der Waals surface area contributed by atoms with Gasteiger partial charge in [-0.15, -0.1) is 5.10 Å². The predicted molar refractivity (Wildman–Crippen MR) is 129 cm³/mol. The molecule has 0 aliphatic carbocycles. The van der Waals surface area contributed by atoms with E-state index in [0.29, 0.717) is 12.1 Å². The third-order valence-electron chi connectivity index (χ3n) is 6.05. The first-order valence-electron chi connectivity index (χ1n) is 11.8. The van der Waals surface area contributed by atoms with E-state index >= 15 is 0 Å². The van der Waals surface area contributed by atoms with Crippen molar-refractivity contribution in [1.82, 2.24) is 20.2 Å². The van der Waals surface area contributed by atoms with Crippen LogP contribution in [0.4, 0.5) is 49.9 Å². The van der Waals surface area contributed by atoms with E-state index in [9.17, 15) is 43.9 Å². The molecular formula is C26H19F10N5O. The standard InChI is InChI=1S/C26H19F10N5O/c1-40-38-23(37-39-40)41(12-14-7-17(25(31,32)33)10-18(8-14)26(34,35)36)13-15-9-16(24(28,29)30)3-5-20(15)21-11-19(27)4-6-22(21)42-2/h3-11H,12-13H2,1-2H3. The van der Waals surface area contributed by atoms with Gasteiger partial charge in [-0.3, -0.25) is 0 Å². The molecule has 0 fully saturated rings. The highest BCUT2D eigenvalue weighted by molar-refractivity contribution is 5.74. The van der Waals surface area contributed by atoms with Crippen LogP contribution in [-0.4, -0.2) is 27.3 Å². The Labute approximate surface area is 231 Å². The first-order chi connectivity index (χ1) is 19.5. The number of alkyl halides is 9. The average Bonchev–Trinajstić information content (AvgIpc) is 3.32. The zero-order valence-electron chi connectivity index (χ0n) is 21.5. The first kappa shape index (κ1) is 30.6. The van der Waals surface area contributed by atoms with Crippen LogP contribution in [0.15, 0.2) is 54.6 Å². The van der Waals surface area contributed by atoms with Gasteiger partial charge in [0.25, 0.3) is 5.95 Å². The van der Waals surface area contributed by atoms with Gasteiger partial charge in [0, 0.05) is 18.7 Å². The van der Waals surface area contributed by atoms with E-state index in [0.717, 1.165) is 40.0 Å². The molecule has 16 heteroatoms. The number of nitrogens with zero attached hydrogens (tertiary/aromatic N) is 5. The molecule has 0 saturated heterocycles. The maximum absolute atomic E-state index is 14.2. The Morgan fingerprint density at radius 2 is 1.36 bits per heavy atom. The summed E-state index contributed by atoms with van der Waals surface area (Å²) in [7, 11) is 2.58. The van der Waals surface area contributed by atoms with Crippen LogP contribution < -0.4 is 9.64 Å². The van der Waals surface area contributed by atoms with Gasteiger partial charge >= 0.3 is 18.5 Å². The van der Waals surface area contributed by atoms with Crippen LogP contribution in [0.3, 0.4) is 0 Å². The smallest absolute Gasteiger partial charge is 0.416 e. The number of benzene rings is 3. The second-order valence-corrected chi connectivity index (χ2v) is 9.06. The Bertz CT molecular complexity index is 1540. The van der Waals surface area contributed by atoms with Gasteiger partial charge in [-0.05, 0) is 70.4 Å². The summed E-state index contributed by atoms with van der Waals surface area (Å²) in [6.45, 7) is -1.27. The molecule has 0 spiro atoms. The number of aryl methyl sites for hydroxylation is 1. The zero-order chi connectivity index (χ0) is 31.0. The van der Waals surface area contributed by atoms with E-state index < -0.39 is 59.7 Å². The molecule has 1 heterocycles. The third kappa shape index (κ3) is 6.91. The fourth-order valence-corrected chi connectivity index (χ4v) is 4.19. The van der Waals surface area contributed by atoms with Crippen LogP contribution >= 0.6 is 0 Å². The Morgan fingerprint density at radius 3 is 1.88 bits per heavy atom. The minimum Gasteiger partial charge on any atom is -0.496 e. The number of aromatic nitrogens is 4. The number of halogens is 10. The molecule has 0 aliphatic rings. The van der Waals surface area contributed by atoms with Crippen molar-refractivity contribution in [2.45, 2.75) is 31.6 Å². The maximum atomic E-state index is 14.2. The summed E-state index contributed by atoms with van der Waals surface area (Å²) >= 11 is 0. The summed E-state index contributed by atoms with van der Waals surface area (Å²) in [5, 5.41) is 11.3. The molecule has 0 atom stereocenters. The highest BCUT2D eigenvalue weighted by Gasteiger charge is 2.37. The van der Waals surface area contributed by atoms with Gasteiger partial charge in [-0.25, -0.2) is 4.39 Å². The van der Waals surface area contributed by atoms with Gasteiger partial charge < -0.3 is 9.64 Å². The van der Waals surface area contributed by atoms with E-state index in [1.54, 1.807) is 0 Å². The molecule has 0 N–H and O–H groups in total. The molecule has 0 unspecified atom stereocenters. The average molecular weight is 607 g/mol. The number of methoxy groups -OCH3 is 1. The highest BCUT2D eigenvalue weighted by Crippen LogP contribution is 2.39. The van der Waals surface area contributed by atoms with Crippen LogP contribution in [-0.2, 0) is 38.7 Å². The Kier molecular flexibility index (Phi) is 8.11. The van der Waals surface area contributed by atoms with Crippen LogP contribution in [0.5, 0.6) is 5.75 Å². The molecule has 4 rings (SSSR count). The summed E-state index contributed by atoms with van der Waals surface area (Å²) in [6.07, 6.45) is -15.1. The van der Waals surface area contributed by atoms with Crippen molar-refractivity contribution in [1.29, 1.82) is 0 Å². The summed E-state index contributed by atoms with van der Waals surface area (Å²) in [4.78, 5) is 1.99. The summed E-state index contributed by atoms with van der Waals surface area (Å²) in [6, 6.07) is 6.79. The molecule has 224 valence electrons. The van der Waals surface area contributed by atoms with Crippen molar-refractivity contribution in [3.8, 4) is 16.9 Å². The van der Waals surface area contributed by atoms with E-state index in [1.807, 2.05) is 0 Å². The lowest BCUT2D eigenvalue weighted by atomic mass is 9.95. The highest BCUT2D eigenvalue weighted by atomic mass is 19.4. The first-order valence-corrected chi connectivity index (χ1v) is 11.8. The fraction of sp³-hybridized carbons (Fsp3) is 0.269. The topological polar surface area (TPSA) is 56.1 Å². The molecule has 0 radical (unpaired) electrons. The van der Waals surface area contributed by atoms with Gasteiger partial charge in [0.15, 0.2) is 0 Å². The third-order valence-corrected chi connectivity index (χ3v) is 6.05. The van der Waals surface area contributed by atoms with E-state index in [4.69, 9.17) is 4.74 Å². The molecular weight excluding hydrogens is 588 g/mol. The van der Waals surface area contributed by atoms with Crippen molar-refractivity contribution in [2.24, 2.45) is 7.05 Å². The second kappa shape index (κ2) is 11.1. The van der Waals surface area contributed by atoms with Crippen molar-refractivity contribution in [3.63, 3.8) is 0 Å². The fourth-order valence-electron chi connectivity index (χ4n) is 4.19. The number of tetrazole rings is 1. The Hall–Kier alpha value is -4.37. The molecule has 6 nitrogen and oxygen atoms in total. The van der Waals surface area contributed by atoms with Gasteiger partial charge in [0.05, 0.1) is 30.8 Å². The summed E-state index contributed by atoms with van der Waals surface area (Å²) in [5.41, 5.74) is -4.79. The van der Waals surface area contributed by atoms with E-state index in [-0.39, 0.29) is 34.5 Å². The molecule has 3 aromatic carbocycles. The van der Waals surface area contributed by atoms with Gasteiger partial charge in [0.2, 0.25) is 0 Å². The minimum atomic E-state index is -5.13. The lowest BCUT2D eigenvalue weighted by molar-refractivity contribution is -0.143.